The van der Waals surface area contributed by atoms with Crippen LogP contribution in [0.2, 0.25) is 0 Å². The van der Waals surface area contributed by atoms with Crippen molar-refractivity contribution in [2.45, 2.75) is 0 Å². The highest BCUT2D eigenvalue weighted by Gasteiger charge is 2.05. The van der Waals surface area contributed by atoms with Crippen LogP contribution in [-0.2, 0) is 0 Å². The van der Waals surface area contributed by atoms with Crippen molar-refractivity contribution in [3.63, 3.8) is 0 Å². The molecule has 1 aromatic rings. The smallest absolute Gasteiger partial charge is 0.316 e. The molecule has 0 saturated carbocycles. The first kappa shape index (κ1) is 14.7. The quantitative estimate of drug-likeness (QED) is 0.627. The van der Waals surface area contributed by atoms with Gasteiger partial charge in [-0.25, -0.2) is 4.79 Å². The summed E-state index contributed by atoms with van der Waals surface area (Å²) in [5, 5.41) is 5.42. The fourth-order valence-electron chi connectivity index (χ4n) is 1.24. The van der Waals surface area contributed by atoms with E-state index in [0.717, 1.165) is 3.57 Å². The molecule has 0 saturated heterocycles. The first-order valence-electron chi connectivity index (χ1n) is 5.49. The van der Waals surface area contributed by atoms with Crippen LogP contribution in [0, 0.1) is 3.57 Å². The highest BCUT2D eigenvalue weighted by atomic mass is 127. The van der Waals surface area contributed by atoms with Crippen molar-refractivity contribution >= 4 is 34.5 Å². The van der Waals surface area contributed by atoms with Gasteiger partial charge in [0.25, 0.3) is 5.91 Å². The Morgan fingerprint density at radius 1 is 1.22 bits per heavy atom. The van der Waals surface area contributed by atoms with Gasteiger partial charge in [0.1, 0.15) is 0 Å². The molecule has 1 rings (SSSR count). The molecule has 98 valence electrons. The van der Waals surface area contributed by atoms with Crippen molar-refractivity contribution in [3.8, 4) is 0 Å². The van der Waals surface area contributed by atoms with Crippen molar-refractivity contribution in [2.24, 2.45) is 0 Å². The average Bonchev–Trinajstić information content (AvgIpc) is 2.33. The van der Waals surface area contributed by atoms with Crippen LogP contribution in [0.5, 0.6) is 0 Å². The number of carbonyl (C=O) groups is 2. The van der Waals surface area contributed by atoms with E-state index in [1.54, 1.807) is 20.2 Å². The van der Waals surface area contributed by atoms with Crippen LogP contribution >= 0.6 is 22.6 Å². The number of benzene rings is 1. The third-order valence-electron chi connectivity index (χ3n) is 2.18. The minimum absolute atomic E-state index is 0.132. The SMILES string of the molecule is CN(C)C(=O)NCCNC(=O)c1cccc(I)c1. The number of hydrogen-bond donors (Lipinski definition) is 2. The highest BCUT2D eigenvalue weighted by Crippen LogP contribution is 2.07. The lowest BCUT2D eigenvalue weighted by molar-refractivity contribution is 0.0953. The summed E-state index contributed by atoms with van der Waals surface area (Å²) in [6.45, 7) is 0.816. The molecule has 0 atom stereocenters. The number of halogens is 1. The number of hydrogen-bond acceptors (Lipinski definition) is 2. The summed E-state index contributed by atoms with van der Waals surface area (Å²) >= 11 is 2.16. The third kappa shape index (κ3) is 4.91. The van der Waals surface area contributed by atoms with E-state index in [4.69, 9.17) is 0 Å². The molecule has 0 aliphatic heterocycles. The fourth-order valence-corrected chi connectivity index (χ4v) is 1.78. The van der Waals surface area contributed by atoms with Crippen molar-refractivity contribution in [2.75, 3.05) is 27.2 Å². The molecule has 0 aliphatic rings. The van der Waals surface area contributed by atoms with Crippen molar-refractivity contribution < 1.29 is 9.59 Å². The largest absolute Gasteiger partial charge is 0.350 e. The van der Waals surface area contributed by atoms with Crippen molar-refractivity contribution in [1.29, 1.82) is 0 Å². The second-order valence-corrected chi connectivity index (χ2v) is 5.14. The fraction of sp³-hybridized carbons (Fsp3) is 0.333. The van der Waals surface area contributed by atoms with Gasteiger partial charge in [0.05, 0.1) is 0 Å². The van der Waals surface area contributed by atoms with Gasteiger partial charge >= 0.3 is 6.03 Å². The van der Waals surface area contributed by atoms with Crippen LogP contribution in [0.1, 0.15) is 10.4 Å². The first-order chi connectivity index (χ1) is 8.50. The number of rotatable bonds is 4. The predicted octanol–water partition coefficient (Wildman–Crippen LogP) is 1.29. The normalized spacial score (nSPS) is 9.72. The zero-order valence-electron chi connectivity index (χ0n) is 10.4. The monoisotopic (exact) mass is 361 g/mol. The van der Waals surface area contributed by atoms with E-state index in [-0.39, 0.29) is 11.9 Å². The lowest BCUT2D eigenvalue weighted by Gasteiger charge is -2.12. The Morgan fingerprint density at radius 2 is 1.89 bits per heavy atom. The van der Waals surface area contributed by atoms with Gasteiger partial charge in [0.2, 0.25) is 0 Å². The summed E-state index contributed by atoms with van der Waals surface area (Å²) in [5.74, 6) is -0.132. The maximum atomic E-state index is 11.7. The Bertz CT molecular complexity index is 435. The molecule has 0 fully saturated rings. The second-order valence-electron chi connectivity index (χ2n) is 3.89. The summed E-state index contributed by atoms with van der Waals surface area (Å²) in [7, 11) is 3.33. The van der Waals surface area contributed by atoms with Gasteiger partial charge in [-0.05, 0) is 40.8 Å². The zero-order chi connectivity index (χ0) is 13.5. The van der Waals surface area contributed by atoms with Gasteiger partial charge < -0.3 is 15.5 Å². The Hall–Kier alpha value is -1.31. The number of nitrogens with zero attached hydrogens (tertiary/aromatic N) is 1. The second kappa shape index (κ2) is 7.20. The number of amides is 3. The lowest BCUT2D eigenvalue weighted by Crippen LogP contribution is -2.39. The molecule has 0 unspecified atom stereocenters. The Morgan fingerprint density at radius 3 is 2.50 bits per heavy atom. The minimum atomic E-state index is -0.168. The van der Waals surface area contributed by atoms with Gasteiger partial charge in [0, 0.05) is 36.3 Å². The Labute approximate surface area is 120 Å². The van der Waals surface area contributed by atoms with Gasteiger partial charge in [-0.1, -0.05) is 6.07 Å². The molecule has 0 spiro atoms. The molecule has 3 amide bonds. The van der Waals surface area contributed by atoms with Crippen molar-refractivity contribution in [3.05, 3.63) is 33.4 Å². The van der Waals surface area contributed by atoms with E-state index in [1.807, 2.05) is 18.2 Å². The predicted molar refractivity (Wildman–Crippen MR) is 78.6 cm³/mol. The maximum Gasteiger partial charge on any atom is 0.316 e. The van der Waals surface area contributed by atoms with E-state index in [0.29, 0.717) is 18.7 Å². The number of nitrogens with one attached hydrogen (secondary N) is 2. The molecular weight excluding hydrogens is 345 g/mol. The van der Waals surface area contributed by atoms with E-state index in [1.165, 1.54) is 4.90 Å². The molecule has 1 aromatic carbocycles. The average molecular weight is 361 g/mol. The third-order valence-corrected chi connectivity index (χ3v) is 2.85. The van der Waals surface area contributed by atoms with Crippen LogP contribution < -0.4 is 10.6 Å². The van der Waals surface area contributed by atoms with Gasteiger partial charge in [-0.15, -0.1) is 0 Å². The molecule has 0 aromatic heterocycles. The molecule has 5 nitrogen and oxygen atoms in total. The molecule has 2 N–H and O–H groups in total. The number of urea groups is 1. The topological polar surface area (TPSA) is 61.4 Å². The summed E-state index contributed by atoms with van der Waals surface area (Å²) < 4.78 is 1.01. The molecule has 18 heavy (non-hydrogen) atoms. The van der Waals surface area contributed by atoms with E-state index >= 15 is 0 Å². The van der Waals surface area contributed by atoms with E-state index in [9.17, 15) is 9.59 Å². The number of carbonyl (C=O) groups excluding carboxylic acids is 2. The lowest BCUT2D eigenvalue weighted by atomic mass is 10.2. The van der Waals surface area contributed by atoms with Gasteiger partial charge in [0.15, 0.2) is 0 Å². The molecule has 0 heterocycles. The summed E-state index contributed by atoms with van der Waals surface area (Å²) in [6.07, 6.45) is 0. The first-order valence-corrected chi connectivity index (χ1v) is 6.57. The molecule has 6 heteroatoms. The minimum Gasteiger partial charge on any atom is -0.350 e. The summed E-state index contributed by atoms with van der Waals surface area (Å²) in [6, 6.07) is 7.17. The van der Waals surface area contributed by atoms with Crippen LogP contribution in [0.25, 0.3) is 0 Å². The van der Waals surface area contributed by atoms with Crippen LogP contribution in [-0.4, -0.2) is 44.0 Å². The highest BCUT2D eigenvalue weighted by molar-refractivity contribution is 14.1. The molecule has 0 aliphatic carbocycles. The summed E-state index contributed by atoms with van der Waals surface area (Å²) in [4.78, 5) is 24.4. The zero-order valence-corrected chi connectivity index (χ0v) is 12.5. The van der Waals surface area contributed by atoms with E-state index in [2.05, 4.69) is 33.2 Å². The van der Waals surface area contributed by atoms with Crippen LogP contribution in [0.15, 0.2) is 24.3 Å². The van der Waals surface area contributed by atoms with Crippen LogP contribution in [0.3, 0.4) is 0 Å². The Balaban J connectivity index is 2.32. The maximum absolute atomic E-state index is 11.7. The summed E-state index contributed by atoms with van der Waals surface area (Å²) in [5.41, 5.74) is 0.626. The Kier molecular flexibility index (Phi) is 5.90. The molecule has 0 bridgehead atoms. The van der Waals surface area contributed by atoms with E-state index < -0.39 is 0 Å². The standard InChI is InChI=1S/C12H16IN3O2/c1-16(2)12(18)15-7-6-14-11(17)9-4-3-5-10(13)8-9/h3-5,8H,6-7H2,1-2H3,(H,14,17)(H,15,18). The van der Waals surface area contributed by atoms with Crippen LogP contribution in [0.4, 0.5) is 4.79 Å². The molecule has 0 radical (unpaired) electrons. The molecular formula is C12H16IN3O2. The van der Waals surface area contributed by atoms with Crippen molar-refractivity contribution in [1.82, 2.24) is 15.5 Å². The van der Waals surface area contributed by atoms with Gasteiger partial charge in [-0.2, -0.15) is 0 Å². The van der Waals surface area contributed by atoms with Gasteiger partial charge in [-0.3, -0.25) is 4.79 Å².